The lowest BCUT2D eigenvalue weighted by Crippen LogP contribution is -2.45. The number of halogens is 3. The fraction of sp³-hybridized carbons (Fsp3) is 0.261. The van der Waals surface area contributed by atoms with Gasteiger partial charge in [0.15, 0.2) is 17.5 Å². The minimum Gasteiger partial charge on any atom is -0.338 e. The second kappa shape index (κ2) is 9.16. The van der Waals surface area contributed by atoms with Crippen LogP contribution in [0.15, 0.2) is 48.7 Å². The van der Waals surface area contributed by atoms with Crippen LogP contribution in [-0.4, -0.2) is 68.3 Å². The second-order valence-electron chi connectivity index (χ2n) is 8.44. The Balaban J connectivity index is 0.00000253. The molecule has 0 aliphatic carbocycles. The number of hydrogen-bond donors (Lipinski definition) is 0. The molecule has 2 aliphatic heterocycles. The SMILES string of the molecule is CN1CCN(c2ncc3c(n2)N(Cc2ccc(F)c(F)c2)c2ccccc2-n2nnnc2-3)CC1.Cl. The topological polar surface area (TPSA) is 79.1 Å². The van der Waals surface area contributed by atoms with Crippen LogP contribution in [0.4, 0.5) is 26.2 Å². The van der Waals surface area contributed by atoms with E-state index in [1.165, 1.54) is 6.07 Å². The smallest absolute Gasteiger partial charge is 0.227 e. The zero-order chi connectivity index (χ0) is 23.2. The molecule has 0 saturated carbocycles. The Morgan fingerprint density at radius 1 is 0.943 bits per heavy atom. The highest BCUT2D eigenvalue weighted by Gasteiger charge is 2.30. The van der Waals surface area contributed by atoms with Crippen molar-refractivity contribution in [1.82, 2.24) is 35.1 Å². The summed E-state index contributed by atoms with van der Waals surface area (Å²) in [5.74, 6) is -0.0358. The molecule has 0 bridgehead atoms. The van der Waals surface area contributed by atoms with E-state index in [9.17, 15) is 8.78 Å². The van der Waals surface area contributed by atoms with Gasteiger partial charge >= 0.3 is 0 Å². The van der Waals surface area contributed by atoms with Crippen molar-refractivity contribution < 1.29 is 8.78 Å². The Morgan fingerprint density at radius 3 is 2.49 bits per heavy atom. The summed E-state index contributed by atoms with van der Waals surface area (Å²) in [5, 5.41) is 12.3. The van der Waals surface area contributed by atoms with Gasteiger partial charge in [0.1, 0.15) is 5.82 Å². The van der Waals surface area contributed by atoms with Crippen molar-refractivity contribution in [3.05, 3.63) is 65.9 Å². The molecule has 9 nitrogen and oxygen atoms in total. The molecule has 180 valence electrons. The van der Waals surface area contributed by atoms with Gasteiger partial charge in [-0.25, -0.2) is 13.8 Å². The zero-order valence-electron chi connectivity index (χ0n) is 18.8. The molecular formula is C23H22ClF2N9. The zero-order valence-corrected chi connectivity index (χ0v) is 19.7. The summed E-state index contributed by atoms with van der Waals surface area (Å²) in [6.45, 7) is 3.72. The highest BCUT2D eigenvalue weighted by Crippen LogP contribution is 2.41. The molecule has 2 aromatic carbocycles. The number of para-hydroxylation sites is 2. The summed E-state index contributed by atoms with van der Waals surface area (Å²) in [6, 6.07) is 11.6. The molecule has 4 aromatic rings. The average molecular weight is 498 g/mol. The Morgan fingerprint density at radius 2 is 1.71 bits per heavy atom. The number of hydrogen-bond acceptors (Lipinski definition) is 8. The summed E-state index contributed by atoms with van der Waals surface area (Å²) in [5.41, 5.74) is 2.80. The van der Waals surface area contributed by atoms with Crippen LogP contribution >= 0.6 is 12.4 Å². The van der Waals surface area contributed by atoms with Gasteiger partial charge < -0.3 is 14.7 Å². The van der Waals surface area contributed by atoms with E-state index in [4.69, 9.17) is 4.98 Å². The molecule has 35 heavy (non-hydrogen) atoms. The molecule has 0 N–H and O–H groups in total. The molecule has 2 aliphatic rings. The largest absolute Gasteiger partial charge is 0.338 e. The highest BCUT2D eigenvalue weighted by atomic mass is 35.5. The predicted octanol–water partition coefficient (Wildman–Crippen LogP) is 3.22. The van der Waals surface area contributed by atoms with Gasteiger partial charge in [-0.15, -0.1) is 17.5 Å². The average Bonchev–Trinajstić information content (AvgIpc) is 3.31. The van der Waals surface area contributed by atoms with Crippen molar-refractivity contribution in [3.63, 3.8) is 0 Å². The van der Waals surface area contributed by atoms with Crippen molar-refractivity contribution in [2.24, 2.45) is 0 Å². The first-order valence-corrected chi connectivity index (χ1v) is 11.0. The fourth-order valence-electron chi connectivity index (χ4n) is 4.37. The van der Waals surface area contributed by atoms with Crippen molar-refractivity contribution in [3.8, 4) is 17.1 Å². The van der Waals surface area contributed by atoms with Crippen LogP contribution in [0.25, 0.3) is 17.1 Å². The Bertz CT molecular complexity index is 1370. The Kier molecular flexibility index (Phi) is 6.03. The molecule has 12 heteroatoms. The third-order valence-electron chi connectivity index (χ3n) is 6.23. The van der Waals surface area contributed by atoms with Crippen LogP contribution in [0.3, 0.4) is 0 Å². The molecule has 0 spiro atoms. The number of anilines is 3. The van der Waals surface area contributed by atoms with E-state index in [1.54, 1.807) is 16.9 Å². The second-order valence-corrected chi connectivity index (χ2v) is 8.44. The molecule has 2 aromatic heterocycles. The van der Waals surface area contributed by atoms with E-state index in [0.29, 0.717) is 28.7 Å². The van der Waals surface area contributed by atoms with Crippen molar-refractivity contribution in [2.75, 3.05) is 43.0 Å². The Labute approximate surface area is 206 Å². The lowest BCUT2D eigenvalue weighted by molar-refractivity contribution is 0.311. The fourth-order valence-corrected chi connectivity index (χ4v) is 4.37. The number of fused-ring (bicyclic) bond motifs is 5. The van der Waals surface area contributed by atoms with Gasteiger partial charge in [-0.1, -0.05) is 18.2 Å². The Hall–Kier alpha value is -3.70. The van der Waals surface area contributed by atoms with E-state index >= 15 is 0 Å². The van der Waals surface area contributed by atoms with Crippen LogP contribution < -0.4 is 9.80 Å². The van der Waals surface area contributed by atoms with Crippen LogP contribution in [0.5, 0.6) is 0 Å². The van der Waals surface area contributed by atoms with Crippen LogP contribution in [0, 0.1) is 11.6 Å². The maximum absolute atomic E-state index is 14.0. The van der Waals surface area contributed by atoms with Crippen LogP contribution in [-0.2, 0) is 6.54 Å². The minimum absolute atomic E-state index is 0. The van der Waals surface area contributed by atoms with Gasteiger partial charge in [0, 0.05) is 38.9 Å². The normalized spacial score (nSPS) is 15.1. The van der Waals surface area contributed by atoms with Crippen molar-refractivity contribution in [2.45, 2.75) is 6.54 Å². The quantitative estimate of drug-likeness (QED) is 0.427. The highest BCUT2D eigenvalue weighted by molar-refractivity contribution is 5.85. The van der Waals surface area contributed by atoms with E-state index in [1.807, 2.05) is 29.2 Å². The first-order valence-electron chi connectivity index (χ1n) is 11.0. The molecule has 0 atom stereocenters. The lowest BCUT2D eigenvalue weighted by atomic mass is 10.1. The maximum Gasteiger partial charge on any atom is 0.227 e. The van der Waals surface area contributed by atoms with E-state index in [2.05, 4.69) is 37.4 Å². The molecule has 4 heterocycles. The van der Waals surface area contributed by atoms with Crippen LogP contribution in [0.2, 0.25) is 0 Å². The number of likely N-dealkylation sites (N-methyl/N-ethyl adjacent to an activating group) is 1. The number of tetrazole rings is 1. The van der Waals surface area contributed by atoms with Crippen LogP contribution in [0.1, 0.15) is 5.56 Å². The molecule has 1 fully saturated rings. The van der Waals surface area contributed by atoms with Crippen molar-refractivity contribution >= 4 is 29.9 Å². The lowest BCUT2D eigenvalue weighted by Gasteiger charge is -2.33. The number of benzene rings is 2. The molecule has 0 amide bonds. The van der Waals surface area contributed by atoms with Gasteiger partial charge in [0.2, 0.25) is 5.95 Å². The summed E-state index contributed by atoms with van der Waals surface area (Å²) in [4.78, 5) is 16.0. The monoisotopic (exact) mass is 497 g/mol. The summed E-state index contributed by atoms with van der Waals surface area (Å²) >= 11 is 0. The number of aromatic nitrogens is 6. The van der Waals surface area contributed by atoms with E-state index < -0.39 is 11.6 Å². The third-order valence-corrected chi connectivity index (χ3v) is 6.23. The molecule has 0 unspecified atom stereocenters. The molecular weight excluding hydrogens is 476 g/mol. The first-order chi connectivity index (χ1) is 16.6. The van der Waals surface area contributed by atoms with Gasteiger partial charge in [-0.3, -0.25) is 0 Å². The predicted molar refractivity (Wildman–Crippen MR) is 129 cm³/mol. The third kappa shape index (κ3) is 4.06. The standard InChI is InChI=1S/C23H21F2N9.ClH/c1-31-8-10-32(11-9-31)23-26-13-16-21(27-23)33(14-15-6-7-17(24)18(25)12-15)19-4-2-3-5-20(19)34-22(16)28-29-30-34;/h2-7,12-13H,8-11,14H2,1H3;1H. The first kappa shape index (κ1) is 23.1. The van der Waals surface area contributed by atoms with Gasteiger partial charge in [0.05, 0.1) is 16.9 Å². The summed E-state index contributed by atoms with van der Waals surface area (Å²) < 4.78 is 29.3. The van der Waals surface area contributed by atoms with Gasteiger partial charge in [-0.2, -0.15) is 9.67 Å². The summed E-state index contributed by atoms with van der Waals surface area (Å²) in [7, 11) is 2.09. The minimum atomic E-state index is -0.888. The maximum atomic E-state index is 14.0. The van der Waals surface area contributed by atoms with E-state index in [0.717, 1.165) is 43.6 Å². The molecule has 1 saturated heterocycles. The molecule has 6 rings (SSSR count). The summed E-state index contributed by atoms with van der Waals surface area (Å²) in [6.07, 6.45) is 1.74. The molecule has 0 radical (unpaired) electrons. The van der Waals surface area contributed by atoms with Crippen molar-refractivity contribution in [1.29, 1.82) is 0 Å². The van der Waals surface area contributed by atoms with Gasteiger partial charge in [0.25, 0.3) is 0 Å². The van der Waals surface area contributed by atoms with E-state index in [-0.39, 0.29) is 19.0 Å². The number of nitrogens with zero attached hydrogens (tertiary/aromatic N) is 9. The van der Waals surface area contributed by atoms with Gasteiger partial charge in [-0.05, 0) is 47.3 Å². The number of rotatable bonds is 3. The number of piperazine rings is 1.